The van der Waals surface area contributed by atoms with Gasteiger partial charge in [-0.1, -0.05) is 25.2 Å². The molecule has 1 aromatic heterocycles. The quantitative estimate of drug-likeness (QED) is 0.860. The lowest BCUT2D eigenvalue weighted by molar-refractivity contribution is -0.118. The topological polar surface area (TPSA) is 66.9 Å². The second-order valence-electron chi connectivity index (χ2n) is 4.63. The molecule has 0 radical (unpaired) electrons. The Labute approximate surface area is 105 Å². The van der Waals surface area contributed by atoms with Gasteiger partial charge in [-0.3, -0.25) is 4.79 Å². The van der Waals surface area contributed by atoms with E-state index < -0.39 is 0 Å². The minimum Gasteiger partial charge on any atom is -0.316 e. The average Bonchev–Trinajstić information content (AvgIpc) is 2.78. The van der Waals surface area contributed by atoms with Crippen molar-refractivity contribution >= 4 is 22.4 Å². The molecule has 2 heterocycles. The number of aromatic nitrogens is 2. The van der Waals surface area contributed by atoms with Gasteiger partial charge in [-0.25, -0.2) is 0 Å². The number of carbonyl (C=O) groups excluding carboxylic acids is 1. The second kappa shape index (κ2) is 5.55. The Morgan fingerprint density at radius 2 is 2.35 bits per heavy atom. The van der Waals surface area contributed by atoms with Gasteiger partial charge in [-0.15, -0.1) is 10.2 Å². The maximum Gasteiger partial charge on any atom is 0.228 e. The summed E-state index contributed by atoms with van der Waals surface area (Å²) < 4.78 is 0. The first-order valence-electron chi connectivity index (χ1n) is 6.02. The van der Waals surface area contributed by atoms with Gasteiger partial charge in [0, 0.05) is 18.4 Å². The number of amides is 1. The van der Waals surface area contributed by atoms with Crippen molar-refractivity contribution in [1.29, 1.82) is 0 Å². The fourth-order valence-corrected chi connectivity index (χ4v) is 2.64. The van der Waals surface area contributed by atoms with E-state index in [9.17, 15) is 4.79 Å². The fourth-order valence-electron chi connectivity index (χ4n) is 1.76. The first-order chi connectivity index (χ1) is 8.16. The highest BCUT2D eigenvalue weighted by Crippen LogP contribution is 2.28. The van der Waals surface area contributed by atoms with Crippen molar-refractivity contribution in [2.75, 3.05) is 18.4 Å². The van der Waals surface area contributed by atoms with Crippen molar-refractivity contribution in [1.82, 2.24) is 15.5 Å². The van der Waals surface area contributed by atoms with Crippen LogP contribution >= 0.6 is 11.3 Å². The van der Waals surface area contributed by atoms with Gasteiger partial charge in [0.25, 0.3) is 0 Å². The summed E-state index contributed by atoms with van der Waals surface area (Å²) in [5, 5.41) is 16.0. The molecule has 17 heavy (non-hydrogen) atoms. The van der Waals surface area contributed by atoms with E-state index in [1.807, 2.05) is 13.8 Å². The molecule has 0 saturated carbocycles. The van der Waals surface area contributed by atoms with Crippen LogP contribution in [0.4, 0.5) is 5.13 Å². The van der Waals surface area contributed by atoms with Gasteiger partial charge in [0.2, 0.25) is 11.0 Å². The van der Waals surface area contributed by atoms with Gasteiger partial charge in [0.1, 0.15) is 5.01 Å². The van der Waals surface area contributed by atoms with Gasteiger partial charge in [0.15, 0.2) is 0 Å². The molecule has 0 aliphatic carbocycles. The van der Waals surface area contributed by atoms with Crippen molar-refractivity contribution in [2.24, 2.45) is 5.92 Å². The molecule has 1 fully saturated rings. The largest absolute Gasteiger partial charge is 0.316 e. The zero-order chi connectivity index (χ0) is 12.3. The molecule has 5 nitrogen and oxygen atoms in total. The number of nitrogens with zero attached hydrogens (tertiary/aromatic N) is 2. The van der Waals surface area contributed by atoms with Crippen molar-refractivity contribution in [3.8, 4) is 0 Å². The Kier molecular flexibility index (Phi) is 4.06. The van der Waals surface area contributed by atoms with Gasteiger partial charge in [-0.05, 0) is 19.4 Å². The van der Waals surface area contributed by atoms with Gasteiger partial charge >= 0.3 is 0 Å². The smallest absolute Gasteiger partial charge is 0.228 e. The molecule has 1 atom stereocenters. The number of piperidine rings is 1. The molecular formula is C11H18N4OS. The standard InChI is InChI=1S/C11H18N4OS/c1-7(2)9(16)13-11-15-14-10(17-11)8-4-3-5-12-6-8/h7-8,12H,3-6H2,1-2H3,(H,13,15,16). The van der Waals surface area contributed by atoms with Crippen molar-refractivity contribution in [2.45, 2.75) is 32.6 Å². The van der Waals surface area contributed by atoms with Crippen LogP contribution < -0.4 is 10.6 Å². The van der Waals surface area contributed by atoms with Crippen LogP contribution in [0.5, 0.6) is 0 Å². The zero-order valence-corrected chi connectivity index (χ0v) is 11.0. The number of carbonyl (C=O) groups is 1. The van der Waals surface area contributed by atoms with E-state index in [-0.39, 0.29) is 11.8 Å². The molecule has 0 spiro atoms. The summed E-state index contributed by atoms with van der Waals surface area (Å²) in [5.74, 6) is 0.416. The number of hydrogen-bond acceptors (Lipinski definition) is 5. The summed E-state index contributed by atoms with van der Waals surface area (Å²) in [6, 6.07) is 0. The lowest BCUT2D eigenvalue weighted by atomic mass is 10.0. The van der Waals surface area contributed by atoms with Gasteiger partial charge < -0.3 is 10.6 Å². The fraction of sp³-hybridized carbons (Fsp3) is 0.727. The molecule has 0 aromatic carbocycles. The summed E-state index contributed by atoms with van der Waals surface area (Å²) in [5.41, 5.74) is 0. The molecule has 2 N–H and O–H groups in total. The predicted octanol–water partition coefficient (Wildman–Crippen LogP) is 1.60. The van der Waals surface area contributed by atoms with E-state index in [1.54, 1.807) is 0 Å². The van der Waals surface area contributed by atoms with Crippen LogP contribution in [0.15, 0.2) is 0 Å². The van der Waals surface area contributed by atoms with Crippen LogP contribution in [0.2, 0.25) is 0 Å². The number of rotatable bonds is 3. The third-order valence-electron chi connectivity index (χ3n) is 2.84. The van der Waals surface area contributed by atoms with E-state index in [4.69, 9.17) is 0 Å². The molecule has 94 valence electrons. The molecule has 1 saturated heterocycles. The minimum atomic E-state index is -0.0290. The highest BCUT2D eigenvalue weighted by atomic mass is 32.1. The van der Waals surface area contributed by atoms with E-state index in [1.165, 1.54) is 17.8 Å². The second-order valence-corrected chi connectivity index (χ2v) is 5.64. The zero-order valence-electron chi connectivity index (χ0n) is 10.2. The number of nitrogens with one attached hydrogen (secondary N) is 2. The van der Waals surface area contributed by atoms with Crippen molar-refractivity contribution < 1.29 is 4.79 Å². The lowest BCUT2D eigenvalue weighted by Crippen LogP contribution is -2.28. The van der Waals surface area contributed by atoms with Gasteiger partial charge in [-0.2, -0.15) is 0 Å². The van der Waals surface area contributed by atoms with Crippen LogP contribution in [0, 0.1) is 5.92 Å². The third-order valence-corrected chi connectivity index (χ3v) is 3.84. The normalized spacial score (nSPS) is 20.5. The molecule has 1 amide bonds. The molecule has 0 bridgehead atoms. The molecule has 1 aromatic rings. The van der Waals surface area contributed by atoms with Crippen LogP contribution in [0.1, 0.15) is 37.6 Å². The minimum absolute atomic E-state index is 0.00512. The Morgan fingerprint density at radius 1 is 1.53 bits per heavy atom. The van der Waals surface area contributed by atoms with Crippen LogP contribution in [-0.4, -0.2) is 29.2 Å². The van der Waals surface area contributed by atoms with Crippen molar-refractivity contribution in [3.05, 3.63) is 5.01 Å². The summed E-state index contributed by atoms with van der Waals surface area (Å²) >= 11 is 1.49. The highest BCUT2D eigenvalue weighted by molar-refractivity contribution is 7.15. The average molecular weight is 254 g/mol. The summed E-state index contributed by atoms with van der Waals surface area (Å²) in [7, 11) is 0. The highest BCUT2D eigenvalue weighted by Gasteiger charge is 2.20. The Hall–Kier alpha value is -1.01. The van der Waals surface area contributed by atoms with Gasteiger partial charge in [0.05, 0.1) is 0 Å². The Balaban J connectivity index is 1.97. The maximum atomic E-state index is 11.5. The summed E-state index contributed by atoms with van der Waals surface area (Å²) in [4.78, 5) is 11.5. The molecule has 6 heteroatoms. The summed E-state index contributed by atoms with van der Waals surface area (Å²) in [6.07, 6.45) is 2.33. The first kappa shape index (κ1) is 12.4. The summed E-state index contributed by atoms with van der Waals surface area (Å²) in [6.45, 7) is 5.78. The lowest BCUT2D eigenvalue weighted by Gasteiger charge is -2.19. The maximum absolute atomic E-state index is 11.5. The number of anilines is 1. The van der Waals surface area contributed by atoms with E-state index in [0.29, 0.717) is 11.0 Å². The molecular weight excluding hydrogens is 236 g/mol. The predicted molar refractivity (Wildman–Crippen MR) is 68.2 cm³/mol. The van der Waals surface area contributed by atoms with E-state index in [0.717, 1.165) is 24.5 Å². The van der Waals surface area contributed by atoms with Crippen LogP contribution in [0.25, 0.3) is 0 Å². The molecule has 1 unspecified atom stereocenters. The molecule has 1 aliphatic rings. The third kappa shape index (κ3) is 3.23. The Bertz CT molecular complexity index is 385. The van der Waals surface area contributed by atoms with E-state index in [2.05, 4.69) is 20.8 Å². The molecule has 1 aliphatic heterocycles. The van der Waals surface area contributed by atoms with Crippen LogP contribution in [0.3, 0.4) is 0 Å². The molecule has 2 rings (SSSR count). The SMILES string of the molecule is CC(C)C(=O)Nc1nnc(C2CCCNC2)s1. The Morgan fingerprint density at radius 3 is 3.00 bits per heavy atom. The number of hydrogen-bond donors (Lipinski definition) is 2. The van der Waals surface area contributed by atoms with Crippen LogP contribution in [-0.2, 0) is 4.79 Å². The van der Waals surface area contributed by atoms with E-state index >= 15 is 0 Å². The first-order valence-corrected chi connectivity index (χ1v) is 6.83. The van der Waals surface area contributed by atoms with Crippen molar-refractivity contribution in [3.63, 3.8) is 0 Å². The monoisotopic (exact) mass is 254 g/mol.